The quantitative estimate of drug-likeness (QED) is 0.780. The first-order valence-electron chi connectivity index (χ1n) is 6.35. The normalized spacial score (nSPS) is 42.8. The topological polar surface area (TPSA) is 50.4 Å². The first-order chi connectivity index (χ1) is 7.81. The summed E-state index contributed by atoms with van der Waals surface area (Å²) in [6.45, 7) is 1.69. The number of halogens is 1. The minimum Gasteiger partial charge on any atom is -0.378 e. The van der Waals surface area contributed by atoms with E-state index in [1.807, 2.05) is 0 Å². The minimum atomic E-state index is 0. The van der Waals surface area contributed by atoms with E-state index in [0.29, 0.717) is 17.8 Å². The van der Waals surface area contributed by atoms with Crippen LogP contribution in [0.25, 0.3) is 0 Å². The molecule has 0 radical (unpaired) electrons. The van der Waals surface area contributed by atoms with Crippen molar-refractivity contribution < 1.29 is 9.53 Å². The Balaban J connectivity index is 0.00000108. The van der Waals surface area contributed by atoms with Crippen LogP contribution < -0.4 is 10.6 Å². The highest BCUT2D eigenvalue weighted by molar-refractivity contribution is 5.85. The monoisotopic (exact) mass is 260 g/mol. The first-order valence-corrected chi connectivity index (χ1v) is 6.35. The molecule has 2 aliphatic carbocycles. The van der Waals surface area contributed by atoms with Gasteiger partial charge in [0, 0.05) is 26.1 Å². The smallest absolute Gasteiger partial charge is 0.224 e. The van der Waals surface area contributed by atoms with Crippen LogP contribution in [-0.4, -0.2) is 38.3 Å². The Bertz CT molecular complexity index is 290. The Morgan fingerprint density at radius 2 is 2.00 bits per heavy atom. The number of carbonyl (C=O) groups is 1. The molecule has 2 saturated carbocycles. The molecule has 0 spiro atoms. The Kier molecular flexibility index (Phi) is 3.95. The molecule has 2 N–H and O–H groups in total. The van der Waals surface area contributed by atoms with E-state index in [1.54, 1.807) is 7.11 Å². The number of ether oxygens (including phenoxy) is 1. The Morgan fingerprint density at radius 1 is 1.29 bits per heavy atom. The van der Waals surface area contributed by atoms with Crippen LogP contribution in [0.4, 0.5) is 0 Å². The molecule has 1 amide bonds. The predicted octanol–water partition coefficient (Wildman–Crippen LogP) is 0.557. The molecule has 0 aromatic carbocycles. The van der Waals surface area contributed by atoms with Crippen molar-refractivity contribution in [3.63, 3.8) is 0 Å². The maximum atomic E-state index is 12.0. The second-order valence-electron chi connectivity index (χ2n) is 5.33. The Morgan fingerprint density at radius 3 is 2.65 bits per heavy atom. The average Bonchev–Trinajstić information content (AvgIpc) is 2.71. The predicted molar refractivity (Wildman–Crippen MR) is 67.2 cm³/mol. The van der Waals surface area contributed by atoms with Crippen molar-refractivity contribution in [1.29, 1.82) is 0 Å². The fourth-order valence-electron chi connectivity index (χ4n) is 3.54. The molecule has 0 aromatic rings. The summed E-state index contributed by atoms with van der Waals surface area (Å²) < 4.78 is 5.34. The van der Waals surface area contributed by atoms with Crippen molar-refractivity contribution in [2.75, 3.05) is 20.2 Å². The van der Waals surface area contributed by atoms with Gasteiger partial charge >= 0.3 is 0 Å². The fraction of sp³-hybridized carbons (Fsp3) is 0.917. The van der Waals surface area contributed by atoms with Crippen molar-refractivity contribution in [2.24, 2.45) is 17.8 Å². The van der Waals surface area contributed by atoms with Gasteiger partial charge in [-0.15, -0.1) is 12.4 Å². The van der Waals surface area contributed by atoms with Gasteiger partial charge in [0.2, 0.25) is 5.91 Å². The van der Waals surface area contributed by atoms with Crippen LogP contribution in [0.15, 0.2) is 0 Å². The largest absolute Gasteiger partial charge is 0.378 e. The van der Waals surface area contributed by atoms with E-state index >= 15 is 0 Å². The fourth-order valence-corrected chi connectivity index (χ4v) is 3.54. The molecule has 4 unspecified atom stereocenters. The third-order valence-electron chi connectivity index (χ3n) is 4.50. The van der Waals surface area contributed by atoms with Crippen molar-refractivity contribution in [3.05, 3.63) is 0 Å². The van der Waals surface area contributed by atoms with Crippen LogP contribution >= 0.6 is 12.4 Å². The lowest BCUT2D eigenvalue weighted by Gasteiger charge is -2.19. The Hall–Kier alpha value is -0.320. The van der Waals surface area contributed by atoms with Gasteiger partial charge in [0.05, 0.1) is 12.1 Å². The van der Waals surface area contributed by atoms with Crippen LogP contribution in [0.5, 0.6) is 0 Å². The standard InChI is InChI=1S/C12H20N2O2.ClH/c1-16-10-6-13-5-9(10)14-12(15)11-7-3-2-4-8(7)11;/h7-11,13H,2-6H2,1H3,(H,14,15);1H. The zero-order chi connectivity index (χ0) is 11.1. The molecule has 4 atom stereocenters. The van der Waals surface area contributed by atoms with Crippen LogP contribution in [0, 0.1) is 17.8 Å². The van der Waals surface area contributed by atoms with Crippen molar-refractivity contribution in [1.82, 2.24) is 10.6 Å². The lowest BCUT2D eigenvalue weighted by Crippen LogP contribution is -2.44. The maximum absolute atomic E-state index is 12.0. The molecule has 1 saturated heterocycles. The highest BCUT2D eigenvalue weighted by Crippen LogP contribution is 2.57. The van der Waals surface area contributed by atoms with Gasteiger partial charge in [-0.2, -0.15) is 0 Å². The summed E-state index contributed by atoms with van der Waals surface area (Å²) in [5.74, 6) is 2.00. The van der Waals surface area contributed by atoms with E-state index in [9.17, 15) is 4.79 Å². The van der Waals surface area contributed by atoms with Gasteiger partial charge in [0.15, 0.2) is 0 Å². The molecule has 4 nitrogen and oxygen atoms in total. The molecule has 3 fully saturated rings. The second-order valence-corrected chi connectivity index (χ2v) is 5.33. The summed E-state index contributed by atoms with van der Waals surface area (Å²) in [7, 11) is 1.71. The van der Waals surface area contributed by atoms with E-state index in [1.165, 1.54) is 19.3 Å². The molecular weight excluding hydrogens is 240 g/mol. The van der Waals surface area contributed by atoms with Crippen LogP contribution in [0.3, 0.4) is 0 Å². The molecule has 0 bridgehead atoms. The SMILES string of the molecule is COC1CNCC1NC(=O)C1C2CCCC21.Cl. The summed E-state index contributed by atoms with van der Waals surface area (Å²) in [4.78, 5) is 12.0. The van der Waals surface area contributed by atoms with Gasteiger partial charge < -0.3 is 15.4 Å². The molecule has 1 heterocycles. The van der Waals surface area contributed by atoms with Gasteiger partial charge in [-0.05, 0) is 24.7 Å². The molecule has 5 heteroatoms. The summed E-state index contributed by atoms with van der Waals surface area (Å²) in [5, 5.41) is 6.39. The zero-order valence-corrected chi connectivity index (χ0v) is 11.0. The molecular formula is C12H21ClN2O2. The van der Waals surface area contributed by atoms with Gasteiger partial charge in [-0.3, -0.25) is 4.79 Å². The van der Waals surface area contributed by atoms with Crippen molar-refractivity contribution in [2.45, 2.75) is 31.4 Å². The van der Waals surface area contributed by atoms with Gasteiger partial charge in [-0.1, -0.05) is 6.42 Å². The van der Waals surface area contributed by atoms with E-state index in [4.69, 9.17) is 4.74 Å². The summed E-state index contributed by atoms with van der Waals surface area (Å²) in [6, 6.07) is 0.166. The zero-order valence-electron chi connectivity index (χ0n) is 10.1. The number of nitrogens with one attached hydrogen (secondary N) is 2. The van der Waals surface area contributed by atoms with E-state index in [2.05, 4.69) is 10.6 Å². The number of fused-ring (bicyclic) bond motifs is 1. The molecule has 0 aromatic heterocycles. The summed E-state index contributed by atoms with van der Waals surface area (Å²) in [6.07, 6.45) is 3.99. The average molecular weight is 261 g/mol. The number of rotatable bonds is 3. The van der Waals surface area contributed by atoms with Crippen LogP contribution in [0.1, 0.15) is 19.3 Å². The highest BCUT2D eigenvalue weighted by Gasteiger charge is 2.56. The maximum Gasteiger partial charge on any atom is 0.224 e. The first kappa shape index (κ1) is 13.1. The third-order valence-corrected chi connectivity index (χ3v) is 4.50. The highest BCUT2D eigenvalue weighted by atomic mass is 35.5. The number of amides is 1. The van der Waals surface area contributed by atoms with E-state index < -0.39 is 0 Å². The number of hydrogen-bond acceptors (Lipinski definition) is 3. The second kappa shape index (κ2) is 5.12. The van der Waals surface area contributed by atoms with Crippen molar-refractivity contribution >= 4 is 18.3 Å². The molecule has 17 heavy (non-hydrogen) atoms. The van der Waals surface area contributed by atoms with Gasteiger partial charge in [0.1, 0.15) is 0 Å². The van der Waals surface area contributed by atoms with Crippen LogP contribution in [-0.2, 0) is 9.53 Å². The molecule has 3 aliphatic rings. The van der Waals surface area contributed by atoms with Crippen LogP contribution in [0.2, 0.25) is 0 Å². The summed E-state index contributed by atoms with van der Waals surface area (Å²) in [5.41, 5.74) is 0. The van der Waals surface area contributed by atoms with E-state index in [-0.39, 0.29) is 30.5 Å². The lowest BCUT2D eigenvalue weighted by molar-refractivity contribution is -0.124. The molecule has 3 rings (SSSR count). The summed E-state index contributed by atoms with van der Waals surface area (Å²) >= 11 is 0. The third kappa shape index (κ3) is 2.30. The minimum absolute atomic E-state index is 0. The van der Waals surface area contributed by atoms with Gasteiger partial charge in [0.25, 0.3) is 0 Å². The number of carbonyl (C=O) groups excluding carboxylic acids is 1. The molecule has 98 valence electrons. The number of methoxy groups -OCH3 is 1. The molecule has 1 aliphatic heterocycles. The van der Waals surface area contributed by atoms with E-state index in [0.717, 1.165) is 13.1 Å². The number of hydrogen-bond donors (Lipinski definition) is 2. The lowest BCUT2D eigenvalue weighted by atomic mass is 10.1. The van der Waals surface area contributed by atoms with Crippen molar-refractivity contribution in [3.8, 4) is 0 Å². The Labute approximate surface area is 108 Å². The van der Waals surface area contributed by atoms with Gasteiger partial charge in [-0.25, -0.2) is 0 Å².